The zero-order valence-corrected chi connectivity index (χ0v) is 32.5. The van der Waals surface area contributed by atoms with E-state index in [0.29, 0.717) is 34.4 Å². The van der Waals surface area contributed by atoms with E-state index < -0.39 is 20.4 Å². The lowest BCUT2D eigenvalue weighted by Gasteiger charge is -2.40. The van der Waals surface area contributed by atoms with Crippen LogP contribution < -0.4 is 0 Å². The van der Waals surface area contributed by atoms with Gasteiger partial charge in [0.25, 0.3) is 0 Å². The van der Waals surface area contributed by atoms with Gasteiger partial charge in [0, 0.05) is 11.1 Å². The third-order valence-corrected chi connectivity index (χ3v) is 13.5. The molecular weight excluding hydrogens is 725 g/mol. The van der Waals surface area contributed by atoms with Gasteiger partial charge in [-0.1, -0.05) is 106 Å². The lowest BCUT2D eigenvalue weighted by molar-refractivity contribution is -0.191. The Morgan fingerprint density at radius 1 is 0.673 bits per heavy atom. The lowest BCUT2D eigenvalue weighted by atomic mass is 10.0. The van der Waals surface area contributed by atoms with Crippen LogP contribution in [0.1, 0.15) is 103 Å². The van der Waals surface area contributed by atoms with Crippen LogP contribution in [0.15, 0.2) is 103 Å². The highest BCUT2D eigenvalue weighted by Gasteiger charge is 2.41. The first-order chi connectivity index (χ1) is 26.0. The van der Waals surface area contributed by atoms with Crippen LogP contribution in [0.25, 0.3) is 0 Å². The second kappa shape index (κ2) is 20.0. The van der Waals surface area contributed by atoms with Crippen LogP contribution >= 0.6 is 0 Å². The topological polar surface area (TPSA) is 177 Å². The van der Waals surface area contributed by atoms with Crippen molar-refractivity contribution in [3.63, 3.8) is 0 Å². The van der Waals surface area contributed by atoms with E-state index in [1.165, 1.54) is 0 Å². The van der Waals surface area contributed by atoms with Crippen LogP contribution in [-0.2, 0) is 28.2 Å². The Hall–Kier alpha value is -5.85. The van der Waals surface area contributed by atoms with E-state index in [-0.39, 0.29) is 54.0 Å². The Labute approximate surface area is 320 Å². The Morgan fingerprint density at radius 2 is 1.11 bits per heavy atom. The van der Waals surface area contributed by atoms with E-state index in [9.17, 15) is 29.1 Å². The molecule has 288 valence electrons. The van der Waals surface area contributed by atoms with Crippen molar-refractivity contribution in [1.82, 2.24) is 0 Å². The maximum Gasteiger partial charge on any atom is 0.373 e. The van der Waals surface area contributed by atoms with Gasteiger partial charge in [-0.3, -0.25) is 9.59 Å². The fraction of sp³-hybridized carbons (Fsp3) is 0.286. The summed E-state index contributed by atoms with van der Waals surface area (Å²) in [5.74, 6) is -1.02. The zero-order chi connectivity index (χ0) is 40.8. The van der Waals surface area contributed by atoms with Gasteiger partial charge < -0.3 is 23.7 Å². The highest BCUT2D eigenvalue weighted by atomic mass is 28.4. The molecule has 0 aromatic heterocycles. The van der Waals surface area contributed by atoms with Crippen LogP contribution in [-0.4, -0.2) is 68.9 Å². The molecule has 0 fully saturated rings. The van der Waals surface area contributed by atoms with Crippen molar-refractivity contribution in [2.45, 2.75) is 58.0 Å². The fourth-order valence-electron chi connectivity index (χ4n) is 5.07. The summed E-state index contributed by atoms with van der Waals surface area (Å²) in [7, 11) is -1.87. The molecule has 0 radical (unpaired) electrons. The quantitative estimate of drug-likeness (QED) is 0.0965. The van der Waals surface area contributed by atoms with Crippen molar-refractivity contribution < 1.29 is 57.3 Å². The lowest BCUT2D eigenvalue weighted by Crippen LogP contribution is -2.43. The van der Waals surface area contributed by atoms with Gasteiger partial charge in [-0.15, -0.1) is 0 Å². The molecule has 2 unspecified atom stereocenters. The zero-order valence-electron chi connectivity index (χ0n) is 31.5. The predicted molar refractivity (Wildman–Crippen MR) is 202 cm³/mol. The number of aliphatic hydroxyl groups is 1. The third-order valence-electron chi connectivity index (χ3n) is 9.01. The molecule has 0 aliphatic carbocycles. The molecule has 55 heavy (non-hydrogen) atoms. The van der Waals surface area contributed by atoms with Crippen molar-refractivity contribution >= 4 is 43.9 Å². The van der Waals surface area contributed by atoms with Crippen LogP contribution in [0, 0.1) is 0 Å². The number of carbonyl (C=O) groups excluding carboxylic acids is 7. The summed E-state index contributed by atoms with van der Waals surface area (Å²) >= 11 is 0. The first-order valence-electron chi connectivity index (χ1n) is 17.2. The molecule has 3 aliphatic heterocycles. The molecule has 3 heterocycles. The molecule has 0 spiro atoms. The van der Waals surface area contributed by atoms with Crippen LogP contribution in [0.2, 0.25) is 18.1 Å². The van der Waals surface area contributed by atoms with Crippen molar-refractivity contribution in [3.05, 3.63) is 142 Å². The minimum absolute atomic E-state index is 0.0653. The smallest absolute Gasteiger partial charge is 0.373 e. The molecular formula is C42H44O12Si. The van der Waals surface area contributed by atoms with Crippen molar-refractivity contribution in [2.75, 3.05) is 19.8 Å². The number of ether oxygens (including phenoxy) is 3. The molecule has 2 atom stereocenters. The number of benzene rings is 4. The number of fused-ring (bicyclic) bond motifs is 3. The van der Waals surface area contributed by atoms with E-state index in [1.54, 1.807) is 61.5 Å². The molecule has 1 N–H and O–H groups in total. The summed E-state index contributed by atoms with van der Waals surface area (Å²) < 4.78 is 21.0. The SMILES string of the molecule is CC(=O)c1ccccc1.CC(C)(C)[Si](C)(C)OC1COC(=O)c2ccccc21.O=C1COC(=O)c2ccccc21.O=C1OCC(O)c2ccccc21.O=C=O. The monoisotopic (exact) mass is 768 g/mol. The third kappa shape index (κ3) is 12.1. The van der Waals surface area contributed by atoms with Crippen molar-refractivity contribution in [3.8, 4) is 0 Å². The first-order valence-corrected chi connectivity index (χ1v) is 20.2. The van der Waals surface area contributed by atoms with Gasteiger partial charge in [0.2, 0.25) is 5.78 Å². The number of esters is 3. The first kappa shape index (κ1) is 43.6. The van der Waals surface area contributed by atoms with Gasteiger partial charge in [0.05, 0.1) is 16.7 Å². The second-order valence-electron chi connectivity index (χ2n) is 13.8. The average Bonchev–Trinajstić information content (AvgIpc) is 3.17. The maximum absolute atomic E-state index is 11.7. The molecule has 3 aliphatic rings. The molecule has 0 amide bonds. The molecule has 0 saturated carbocycles. The molecule has 4 aromatic rings. The summed E-state index contributed by atoms with van der Waals surface area (Å²) in [5, 5.41) is 9.54. The standard InChI is InChI=1S/C15H22O3Si.C9H8O3.C9H6O3.C8H8O.CO2/c1-15(2,3)19(4,5)18-13-10-17-14(16)12-9-7-6-8-11(12)13;2*10-8-5-12-9(11)7-4-2-1-3-6(7)8;1-7(9)8-5-3-2-4-6-8;2-1-3/h6-9,13H,10H2,1-5H3;1-4,8,10H,5H2;1-4H,5H2;2-6H,1H3;. The Bertz CT molecular complexity index is 1980. The molecule has 7 rings (SSSR count). The van der Waals surface area contributed by atoms with Gasteiger partial charge >= 0.3 is 24.1 Å². The minimum Gasteiger partial charge on any atom is -0.459 e. The summed E-state index contributed by atoms with van der Waals surface area (Å²) in [6, 6.07) is 30.4. The molecule has 13 heteroatoms. The number of carbonyl (C=O) groups is 5. The van der Waals surface area contributed by atoms with E-state index in [0.717, 1.165) is 11.1 Å². The van der Waals surface area contributed by atoms with E-state index >= 15 is 0 Å². The number of hydrogen-bond donors (Lipinski definition) is 1. The van der Waals surface area contributed by atoms with Crippen LogP contribution in [0.5, 0.6) is 0 Å². The second-order valence-corrected chi connectivity index (χ2v) is 18.6. The highest BCUT2D eigenvalue weighted by molar-refractivity contribution is 6.74. The highest BCUT2D eigenvalue weighted by Crippen LogP contribution is 2.41. The molecule has 12 nitrogen and oxygen atoms in total. The Kier molecular flexibility index (Phi) is 15.8. The predicted octanol–water partition coefficient (Wildman–Crippen LogP) is 7.16. The molecule has 0 bridgehead atoms. The van der Waals surface area contributed by atoms with Crippen LogP contribution in [0.4, 0.5) is 0 Å². The Morgan fingerprint density at radius 3 is 1.60 bits per heavy atom. The van der Waals surface area contributed by atoms with Crippen molar-refractivity contribution in [1.29, 1.82) is 0 Å². The Balaban J connectivity index is 0.000000199. The molecule has 4 aromatic carbocycles. The number of hydrogen-bond acceptors (Lipinski definition) is 12. The number of cyclic esters (lactones) is 3. The van der Waals surface area contributed by atoms with Gasteiger partial charge in [0.1, 0.15) is 25.4 Å². The summed E-state index contributed by atoms with van der Waals surface area (Å²) in [4.78, 5) is 71.9. The van der Waals surface area contributed by atoms with E-state index in [1.807, 2.05) is 48.5 Å². The molecule has 0 saturated heterocycles. The number of aliphatic hydroxyl groups excluding tert-OH is 1. The fourth-order valence-corrected chi connectivity index (χ4v) is 6.33. The van der Waals surface area contributed by atoms with Gasteiger partial charge in [-0.2, -0.15) is 9.59 Å². The maximum atomic E-state index is 11.7. The van der Waals surface area contributed by atoms with E-state index in [4.69, 9.17) is 23.5 Å². The van der Waals surface area contributed by atoms with Gasteiger partial charge in [0.15, 0.2) is 20.7 Å². The summed E-state index contributed by atoms with van der Waals surface area (Å²) in [6.45, 7) is 12.9. The normalized spacial score (nSPS) is 16.5. The number of ketones is 2. The number of rotatable bonds is 3. The van der Waals surface area contributed by atoms with Gasteiger partial charge in [-0.25, -0.2) is 14.4 Å². The summed E-state index contributed by atoms with van der Waals surface area (Å²) in [6.07, 6.45) is -0.548. The van der Waals surface area contributed by atoms with E-state index in [2.05, 4.69) is 38.6 Å². The summed E-state index contributed by atoms with van der Waals surface area (Å²) in [5.41, 5.74) is 4.34. The van der Waals surface area contributed by atoms with Crippen LogP contribution in [0.3, 0.4) is 0 Å². The van der Waals surface area contributed by atoms with Crippen molar-refractivity contribution in [2.24, 2.45) is 0 Å². The largest absolute Gasteiger partial charge is 0.459 e. The average molecular weight is 769 g/mol. The number of Topliss-reactive ketones (excluding diaryl/α,β-unsaturated/α-hetero) is 2. The van der Waals surface area contributed by atoms with Gasteiger partial charge in [-0.05, 0) is 54.4 Å². The minimum atomic E-state index is -1.87.